The Hall–Kier alpha value is -2.38. The number of nitrogens with one attached hydrogen (secondary N) is 1. The molecule has 130 valence electrons. The molecule has 25 heavy (non-hydrogen) atoms. The van der Waals surface area contributed by atoms with E-state index < -0.39 is 21.8 Å². The Bertz CT molecular complexity index is 972. The standard InChI is InChI=1S/C17H15ClN2O4S/c1-11-6-7-12(18)10-14(11)19-16(21)8-9-20-17(22)13-4-2-3-5-15(13)25(20,23)24/h2-7,10H,8-9H2,1H3,(H,19,21). The Labute approximate surface area is 150 Å². The summed E-state index contributed by atoms with van der Waals surface area (Å²) in [5.41, 5.74) is 1.51. The quantitative estimate of drug-likeness (QED) is 0.886. The van der Waals surface area contributed by atoms with Crippen molar-refractivity contribution in [1.82, 2.24) is 4.31 Å². The minimum Gasteiger partial charge on any atom is -0.326 e. The maximum Gasteiger partial charge on any atom is 0.269 e. The fourth-order valence-electron chi connectivity index (χ4n) is 2.60. The summed E-state index contributed by atoms with van der Waals surface area (Å²) in [7, 11) is -3.90. The van der Waals surface area contributed by atoms with Gasteiger partial charge < -0.3 is 5.32 Å². The van der Waals surface area contributed by atoms with Crippen LogP contribution in [0.1, 0.15) is 22.3 Å². The molecule has 0 radical (unpaired) electrons. The van der Waals surface area contributed by atoms with E-state index >= 15 is 0 Å². The maximum absolute atomic E-state index is 12.4. The molecule has 2 amide bonds. The number of carbonyl (C=O) groups excluding carboxylic acids is 2. The first-order valence-corrected chi connectivity index (χ1v) is 9.34. The van der Waals surface area contributed by atoms with Crippen molar-refractivity contribution in [2.24, 2.45) is 0 Å². The summed E-state index contributed by atoms with van der Waals surface area (Å²) in [6.07, 6.45) is -0.148. The predicted octanol–water partition coefficient (Wildman–Crippen LogP) is 2.82. The number of anilines is 1. The smallest absolute Gasteiger partial charge is 0.269 e. The molecular formula is C17H15ClN2O4S. The van der Waals surface area contributed by atoms with E-state index in [4.69, 9.17) is 11.6 Å². The summed E-state index contributed by atoms with van der Waals surface area (Å²) >= 11 is 5.91. The average molecular weight is 379 g/mol. The second kappa shape index (κ2) is 6.50. The van der Waals surface area contributed by atoms with Gasteiger partial charge in [-0.1, -0.05) is 29.8 Å². The third kappa shape index (κ3) is 3.25. The molecule has 0 unspecified atom stereocenters. The molecular weight excluding hydrogens is 364 g/mol. The molecule has 1 aliphatic rings. The van der Waals surface area contributed by atoms with Crippen LogP contribution in [0.5, 0.6) is 0 Å². The summed E-state index contributed by atoms with van der Waals surface area (Å²) < 4.78 is 25.6. The number of fused-ring (bicyclic) bond motifs is 1. The number of hydrogen-bond donors (Lipinski definition) is 1. The van der Waals surface area contributed by atoms with E-state index in [-0.39, 0.29) is 23.4 Å². The van der Waals surface area contributed by atoms with E-state index in [0.29, 0.717) is 10.7 Å². The first-order chi connectivity index (χ1) is 11.8. The van der Waals surface area contributed by atoms with Gasteiger partial charge in [-0.3, -0.25) is 9.59 Å². The van der Waals surface area contributed by atoms with Gasteiger partial charge in [0.15, 0.2) is 0 Å². The zero-order valence-corrected chi connectivity index (χ0v) is 14.9. The SMILES string of the molecule is Cc1ccc(Cl)cc1NC(=O)CCN1C(=O)c2ccccc2S1(=O)=O. The van der Waals surface area contributed by atoms with Gasteiger partial charge in [0.05, 0.1) is 5.56 Å². The number of benzene rings is 2. The molecule has 6 nitrogen and oxygen atoms in total. The van der Waals surface area contributed by atoms with E-state index in [2.05, 4.69) is 5.32 Å². The number of halogens is 1. The zero-order chi connectivity index (χ0) is 18.2. The van der Waals surface area contributed by atoms with Crippen molar-refractivity contribution < 1.29 is 18.0 Å². The second-order valence-electron chi connectivity index (χ2n) is 5.64. The summed E-state index contributed by atoms with van der Waals surface area (Å²) in [5, 5.41) is 3.16. The van der Waals surface area contributed by atoms with Crippen LogP contribution in [-0.2, 0) is 14.8 Å². The molecule has 1 heterocycles. The van der Waals surface area contributed by atoms with Gasteiger partial charge >= 0.3 is 0 Å². The number of aryl methyl sites for hydroxylation is 1. The van der Waals surface area contributed by atoms with Crippen molar-refractivity contribution in [3.8, 4) is 0 Å². The summed E-state index contributed by atoms with van der Waals surface area (Å²) in [4.78, 5) is 24.4. The molecule has 1 N–H and O–H groups in total. The highest BCUT2D eigenvalue weighted by Gasteiger charge is 2.40. The highest BCUT2D eigenvalue weighted by molar-refractivity contribution is 7.90. The number of sulfonamides is 1. The molecule has 8 heteroatoms. The number of rotatable bonds is 4. The van der Waals surface area contributed by atoms with Crippen molar-refractivity contribution in [3.05, 3.63) is 58.6 Å². The largest absolute Gasteiger partial charge is 0.326 e. The lowest BCUT2D eigenvalue weighted by Crippen LogP contribution is -2.33. The second-order valence-corrected chi connectivity index (χ2v) is 7.90. The van der Waals surface area contributed by atoms with E-state index in [0.717, 1.165) is 9.87 Å². The lowest BCUT2D eigenvalue weighted by molar-refractivity contribution is -0.116. The molecule has 0 saturated heterocycles. The summed E-state index contributed by atoms with van der Waals surface area (Å²) in [6.45, 7) is 1.60. The van der Waals surface area contributed by atoms with E-state index in [1.165, 1.54) is 12.1 Å². The molecule has 1 aliphatic heterocycles. The Balaban J connectivity index is 1.71. The Morgan fingerprint density at radius 2 is 1.92 bits per heavy atom. The van der Waals surface area contributed by atoms with Gasteiger partial charge in [0, 0.05) is 23.7 Å². The monoisotopic (exact) mass is 378 g/mol. The first kappa shape index (κ1) is 17.4. The van der Waals surface area contributed by atoms with Gasteiger partial charge in [-0.2, -0.15) is 0 Å². The van der Waals surface area contributed by atoms with Crippen LogP contribution in [0, 0.1) is 6.92 Å². The number of nitrogens with zero attached hydrogens (tertiary/aromatic N) is 1. The van der Waals surface area contributed by atoms with Crippen molar-refractivity contribution in [2.75, 3.05) is 11.9 Å². The van der Waals surface area contributed by atoms with Crippen LogP contribution < -0.4 is 5.32 Å². The number of amides is 2. The molecule has 0 aromatic heterocycles. The fourth-order valence-corrected chi connectivity index (χ4v) is 4.34. The highest BCUT2D eigenvalue weighted by Crippen LogP contribution is 2.30. The van der Waals surface area contributed by atoms with Crippen LogP contribution in [0.25, 0.3) is 0 Å². The van der Waals surface area contributed by atoms with Crippen LogP contribution in [0.15, 0.2) is 47.4 Å². The van der Waals surface area contributed by atoms with Crippen LogP contribution in [-0.4, -0.2) is 31.1 Å². The highest BCUT2D eigenvalue weighted by atomic mass is 35.5. The minimum atomic E-state index is -3.90. The first-order valence-electron chi connectivity index (χ1n) is 7.53. The predicted molar refractivity (Wildman–Crippen MR) is 94.1 cm³/mol. The molecule has 0 bridgehead atoms. The van der Waals surface area contributed by atoms with Gasteiger partial charge in [0.1, 0.15) is 4.90 Å². The van der Waals surface area contributed by atoms with E-state index in [1.807, 2.05) is 6.92 Å². The molecule has 0 saturated carbocycles. The third-order valence-corrected chi connectivity index (χ3v) is 6.00. The maximum atomic E-state index is 12.4. The third-order valence-electron chi connectivity index (χ3n) is 3.93. The molecule has 2 aromatic rings. The lowest BCUT2D eigenvalue weighted by atomic mass is 10.2. The zero-order valence-electron chi connectivity index (χ0n) is 13.3. The van der Waals surface area contributed by atoms with Crippen LogP contribution >= 0.6 is 11.6 Å². The van der Waals surface area contributed by atoms with Gasteiger partial charge in [-0.15, -0.1) is 0 Å². The Morgan fingerprint density at radius 3 is 2.64 bits per heavy atom. The molecule has 2 aromatic carbocycles. The van der Waals surface area contributed by atoms with Gasteiger partial charge in [0.25, 0.3) is 15.9 Å². The molecule has 0 spiro atoms. The summed E-state index contributed by atoms with van der Waals surface area (Å²) in [6, 6.07) is 11.1. The molecule has 0 atom stereocenters. The van der Waals surface area contributed by atoms with Gasteiger partial charge in [-0.05, 0) is 36.8 Å². The van der Waals surface area contributed by atoms with Crippen molar-refractivity contribution in [2.45, 2.75) is 18.2 Å². The van der Waals surface area contributed by atoms with E-state index in [9.17, 15) is 18.0 Å². The summed E-state index contributed by atoms with van der Waals surface area (Å²) in [5.74, 6) is -1.01. The normalized spacial score (nSPS) is 15.1. The average Bonchev–Trinajstić information content (AvgIpc) is 2.76. The van der Waals surface area contributed by atoms with Crippen molar-refractivity contribution in [3.63, 3.8) is 0 Å². The topological polar surface area (TPSA) is 83.6 Å². The molecule has 0 fully saturated rings. The lowest BCUT2D eigenvalue weighted by Gasteiger charge is -2.15. The van der Waals surface area contributed by atoms with Crippen LogP contribution in [0.2, 0.25) is 5.02 Å². The Kier molecular flexibility index (Phi) is 4.53. The number of hydrogen-bond acceptors (Lipinski definition) is 4. The van der Waals surface area contributed by atoms with Gasteiger partial charge in [-0.25, -0.2) is 12.7 Å². The van der Waals surface area contributed by atoms with E-state index in [1.54, 1.807) is 30.3 Å². The van der Waals surface area contributed by atoms with Crippen LogP contribution in [0.4, 0.5) is 5.69 Å². The van der Waals surface area contributed by atoms with Crippen molar-refractivity contribution >= 4 is 39.1 Å². The fraction of sp³-hybridized carbons (Fsp3) is 0.176. The molecule has 3 rings (SSSR count). The Morgan fingerprint density at radius 1 is 1.20 bits per heavy atom. The van der Waals surface area contributed by atoms with Gasteiger partial charge in [0.2, 0.25) is 5.91 Å². The van der Waals surface area contributed by atoms with Crippen LogP contribution in [0.3, 0.4) is 0 Å². The molecule has 0 aliphatic carbocycles. The van der Waals surface area contributed by atoms with Crippen molar-refractivity contribution in [1.29, 1.82) is 0 Å². The number of carbonyl (C=O) groups is 2. The minimum absolute atomic E-state index is 0.0221.